The number of likely N-dealkylation sites (tertiary alicyclic amines) is 1. The smallest absolute Gasteiger partial charge is 0.239 e. The maximum absolute atomic E-state index is 12.4. The van der Waals surface area contributed by atoms with Crippen molar-refractivity contribution < 1.29 is 4.79 Å². The van der Waals surface area contributed by atoms with Crippen LogP contribution in [0.1, 0.15) is 46.5 Å². The lowest BCUT2D eigenvalue weighted by molar-refractivity contribution is -0.137. The van der Waals surface area contributed by atoms with Crippen molar-refractivity contribution in [2.75, 3.05) is 19.6 Å². The molecule has 98 valence electrons. The lowest BCUT2D eigenvalue weighted by Gasteiger charge is -2.40. The molecule has 2 fully saturated rings. The molecule has 3 nitrogen and oxygen atoms in total. The van der Waals surface area contributed by atoms with Crippen molar-refractivity contribution in [3.05, 3.63) is 0 Å². The van der Waals surface area contributed by atoms with Crippen LogP contribution in [0.4, 0.5) is 0 Å². The topological polar surface area (TPSA) is 32.3 Å². The van der Waals surface area contributed by atoms with Gasteiger partial charge in [0, 0.05) is 13.1 Å². The summed E-state index contributed by atoms with van der Waals surface area (Å²) in [5, 5.41) is 3.38. The molecular formula is C14H26N2O. The van der Waals surface area contributed by atoms with E-state index >= 15 is 0 Å². The summed E-state index contributed by atoms with van der Waals surface area (Å²) < 4.78 is 0. The molecule has 2 saturated heterocycles. The molecular weight excluding hydrogens is 212 g/mol. The van der Waals surface area contributed by atoms with E-state index in [0.717, 1.165) is 32.5 Å². The summed E-state index contributed by atoms with van der Waals surface area (Å²) in [5.41, 5.74) is 0.300. The van der Waals surface area contributed by atoms with E-state index in [0.29, 0.717) is 17.2 Å². The normalized spacial score (nSPS) is 33.5. The van der Waals surface area contributed by atoms with Crippen LogP contribution in [0.2, 0.25) is 0 Å². The molecule has 1 amide bonds. The monoisotopic (exact) mass is 238 g/mol. The van der Waals surface area contributed by atoms with Crippen molar-refractivity contribution >= 4 is 5.91 Å². The fourth-order valence-corrected chi connectivity index (χ4v) is 3.13. The number of hydrogen-bond acceptors (Lipinski definition) is 2. The fraction of sp³-hybridized carbons (Fsp3) is 0.929. The predicted molar refractivity (Wildman–Crippen MR) is 69.8 cm³/mol. The van der Waals surface area contributed by atoms with Crippen molar-refractivity contribution in [2.24, 2.45) is 11.3 Å². The molecule has 2 atom stereocenters. The number of carbonyl (C=O) groups excluding carboxylic acids is 1. The minimum Gasteiger partial charge on any atom is -0.341 e. The molecule has 2 rings (SSSR count). The molecule has 17 heavy (non-hydrogen) atoms. The van der Waals surface area contributed by atoms with Gasteiger partial charge in [-0.25, -0.2) is 0 Å². The van der Waals surface area contributed by atoms with Crippen LogP contribution in [0, 0.1) is 11.3 Å². The van der Waals surface area contributed by atoms with Gasteiger partial charge in [0.2, 0.25) is 5.91 Å². The zero-order chi connectivity index (χ0) is 12.5. The summed E-state index contributed by atoms with van der Waals surface area (Å²) in [5.74, 6) is 1.02. The second-order valence-electron chi connectivity index (χ2n) is 6.66. The molecule has 2 aliphatic heterocycles. The molecule has 3 heteroatoms. The lowest BCUT2D eigenvalue weighted by Crippen LogP contribution is -2.53. The summed E-state index contributed by atoms with van der Waals surface area (Å²) in [6.45, 7) is 9.66. The Kier molecular flexibility index (Phi) is 3.76. The Morgan fingerprint density at radius 1 is 1.41 bits per heavy atom. The van der Waals surface area contributed by atoms with Crippen LogP contribution in [0.25, 0.3) is 0 Å². The van der Waals surface area contributed by atoms with Crippen LogP contribution >= 0.6 is 0 Å². The maximum Gasteiger partial charge on any atom is 0.239 e. The third-order valence-electron chi connectivity index (χ3n) is 4.18. The van der Waals surface area contributed by atoms with E-state index in [1.807, 2.05) is 0 Å². The Bertz CT molecular complexity index is 288. The summed E-state index contributed by atoms with van der Waals surface area (Å²) in [6.07, 6.45) is 4.61. The summed E-state index contributed by atoms with van der Waals surface area (Å²) in [4.78, 5) is 14.5. The predicted octanol–water partition coefficient (Wildman–Crippen LogP) is 2.02. The average Bonchev–Trinajstić information content (AvgIpc) is 2.26. The van der Waals surface area contributed by atoms with Crippen LogP contribution < -0.4 is 5.32 Å². The average molecular weight is 238 g/mol. The lowest BCUT2D eigenvalue weighted by atomic mass is 9.83. The number of carbonyl (C=O) groups is 1. The number of amides is 1. The van der Waals surface area contributed by atoms with Crippen molar-refractivity contribution in [2.45, 2.75) is 52.5 Å². The van der Waals surface area contributed by atoms with Gasteiger partial charge in [-0.15, -0.1) is 0 Å². The molecule has 0 aromatic heterocycles. The molecule has 2 unspecified atom stereocenters. The Hall–Kier alpha value is -0.570. The highest BCUT2D eigenvalue weighted by Crippen LogP contribution is 2.29. The minimum absolute atomic E-state index is 0.0765. The van der Waals surface area contributed by atoms with Gasteiger partial charge in [0.05, 0.1) is 6.04 Å². The largest absolute Gasteiger partial charge is 0.341 e. The minimum atomic E-state index is 0.0765. The molecule has 0 radical (unpaired) electrons. The molecule has 2 aliphatic rings. The molecule has 0 spiro atoms. The van der Waals surface area contributed by atoms with E-state index in [9.17, 15) is 4.79 Å². The molecule has 0 aliphatic carbocycles. The van der Waals surface area contributed by atoms with Crippen molar-refractivity contribution in [3.8, 4) is 0 Å². The van der Waals surface area contributed by atoms with Gasteiger partial charge in [-0.05, 0) is 43.6 Å². The SMILES string of the molecule is CC1CCNC(C(=O)N2CCCC(C)(C)C2)C1. The molecule has 0 aromatic rings. The zero-order valence-corrected chi connectivity index (χ0v) is 11.5. The quantitative estimate of drug-likeness (QED) is 0.758. The number of hydrogen-bond donors (Lipinski definition) is 1. The van der Waals surface area contributed by atoms with Crippen molar-refractivity contribution in [1.29, 1.82) is 0 Å². The Morgan fingerprint density at radius 3 is 2.82 bits per heavy atom. The molecule has 0 saturated carbocycles. The summed E-state index contributed by atoms with van der Waals surface area (Å²) in [6, 6.07) is 0.0765. The molecule has 2 heterocycles. The summed E-state index contributed by atoms with van der Waals surface area (Å²) in [7, 11) is 0. The summed E-state index contributed by atoms with van der Waals surface area (Å²) >= 11 is 0. The highest BCUT2D eigenvalue weighted by atomic mass is 16.2. The van der Waals surface area contributed by atoms with E-state index in [4.69, 9.17) is 0 Å². The van der Waals surface area contributed by atoms with Crippen LogP contribution in [-0.4, -0.2) is 36.5 Å². The van der Waals surface area contributed by atoms with E-state index in [-0.39, 0.29) is 6.04 Å². The van der Waals surface area contributed by atoms with Crippen LogP contribution in [0.3, 0.4) is 0 Å². The Balaban J connectivity index is 1.94. The van der Waals surface area contributed by atoms with Gasteiger partial charge < -0.3 is 10.2 Å². The van der Waals surface area contributed by atoms with Crippen LogP contribution in [0.5, 0.6) is 0 Å². The molecule has 0 bridgehead atoms. The van der Waals surface area contributed by atoms with E-state index in [1.54, 1.807) is 0 Å². The second-order valence-corrected chi connectivity index (χ2v) is 6.66. The van der Waals surface area contributed by atoms with Crippen LogP contribution in [-0.2, 0) is 4.79 Å². The number of piperidine rings is 2. The highest BCUT2D eigenvalue weighted by molar-refractivity contribution is 5.82. The van der Waals surface area contributed by atoms with E-state index < -0.39 is 0 Å². The van der Waals surface area contributed by atoms with E-state index in [2.05, 4.69) is 31.0 Å². The number of rotatable bonds is 1. The van der Waals surface area contributed by atoms with Crippen LogP contribution in [0.15, 0.2) is 0 Å². The zero-order valence-electron chi connectivity index (χ0n) is 11.5. The first-order valence-electron chi connectivity index (χ1n) is 7.00. The van der Waals surface area contributed by atoms with Gasteiger partial charge in [0.25, 0.3) is 0 Å². The first-order chi connectivity index (χ1) is 7.98. The first-order valence-corrected chi connectivity index (χ1v) is 7.00. The standard InChI is InChI=1S/C14H26N2O/c1-11-5-7-15-12(9-11)13(17)16-8-4-6-14(2,3)10-16/h11-12,15H,4-10H2,1-3H3. The van der Waals surface area contributed by atoms with Gasteiger partial charge in [-0.1, -0.05) is 20.8 Å². The van der Waals surface area contributed by atoms with Gasteiger partial charge in [-0.2, -0.15) is 0 Å². The van der Waals surface area contributed by atoms with Crippen molar-refractivity contribution in [3.63, 3.8) is 0 Å². The Morgan fingerprint density at radius 2 is 2.18 bits per heavy atom. The number of nitrogens with one attached hydrogen (secondary N) is 1. The van der Waals surface area contributed by atoms with Crippen molar-refractivity contribution in [1.82, 2.24) is 10.2 Å². The molecule has 0 aromatic carbocycles. The number of nitrogens with zero attached hydrogens (tertiary/aromatic N) is 1. The van der Waals surface area contributed by atoms with E-state index in [1.165, 1.54) is 12.8 Å². The third-order valence-corrected chi connectivity index (χ3v) is 4.18. The maximum atomic E-state index is 12.4. The van der Waals surface area contributed by atoms with Gasteiger partial charge in [-0.3, -0.25) is 4.79 Å². The van der Waals surface area contributed by atoms with Gasteiger partial charge in [0.1, 0.15) is 0 Å². The highest BCUT2D eigenvalue weighted by Gasteiger charge is 2.33. The molecule has 1 N–H and O–H groups in total. The first kappa shape index (κ1) is 12.9. The van der Waals surface area contributed by atoms with Gasteiger partial charge in [0.15, 0.2) is 0 Å². The fourth-order valence-electron chi connectivity index (χ4n) is 3.13. The van der Waals surface area contributed by atoms with Gasteiger partial charge >= 0.3 is 0 Å². The second kappa shape index (κ2) is 4.97. The Labute approximate surface area is 105 Å². The third kappa shape index (κ3) is 3.21.